The van der Waals surface area contributed by atoms with Gasteiger partial charge in [-0.1, -0.05) is 18.2 Å². The van der Waals surface area contributed by atoms with E-state index in [-0.39, 0.29) is 0 Å². The van der Waals surface area contributed by atoms with Gasteiger partial charge in [0, 0.05) is 25.2 Å². The van der Waals surface area contributed by atoms with Gasteiger partial charge >= 0.3 is 0 Å². The molecule has 0 saturated carbocycles. The summed E-state index contributed by atoms with van der Waals surface area (Å²) >= 11 is 0. The molecule has 1 aliphatic heterocycles. The fourth-order valence-corrected chi connectivity index (χ4v) is 2.19. The van der Waals surface area contributed by atoms with Gasteiger partial charge in [0.1, 0.15) is 0 Å². The molecule has 0 amide bonds. The van der Waals surface area contributed by atoms with Crippen LogP contribution in [0.1, 0.15) is 19.3 Å². The number of hydrogen-bond donors (Lipinski definition) is 1. The second-order valence-corrected chi connectivity index (χ2v) is 4.43. The minimum absolute atomic E-state index is 0.468. The Labute approximate surface area is 96.9 Å². The van der Waals surface area contributed by atoms with Crippen molar-refractivity contribution in [2.24, 2.45) is 0 Å². The van der Waals surface area contributed by atoms with Gasteiger partial charge < -0.3 is 10.0 Å². The second-order valence-electron chi connectivity index (χ2n) is 4.43. The molecule has 1 aromatic carbocycles. The molecule has 2 nitrogen and oxygen atoms in total. The quantitative estimate of drug-likeness (QED) is 0.763. The second kappa shape index (κ2) is 4.59. The molecule has 1 heterocycles. The standard InChI is InChI=1S/C14H17NO/c1-2-8-14(16)9-11-15(12-10-14)13-6-4-3-5-7-13/h1,3-7,16H,8-12H2. The van der Waals surface area contributed by atoms with Gasteiger partial charge in [-0.2, -0.15) is 0 Å². The first-order valence-electron chi connectivity index (χ1n) is 5.69. The van der Waals surface area contributed by atoms with Gasteiger partial charge in [0.25, 0.3) is 0 Å². The molecule has 1 aliphatic rings. The molecule has 0 aliphatic carbocycles. The molecule has 1 N–H and O–H groups in total. The van der Waals surface area contributed by atoms with E-state index < -0.39 is 5.60 Å². The van der Waals surface area contributed by atoms with Crippen LogP contribution in [0.5, 0.6) is 0 Å². The van der Waals surface area contributed by atoms with Crippen molar-refractivity contribution < 1.29 is 5.11 Å². The van der Waals surface area contributed by atoms with E-state index in [0.29, 0.717) is 6.42 Å². The van der Waals surface area contributed by atoms with Gasteiger partial charge in [0.2, 0.25) is 0 Å². The van der Waals surface area contributed by atoms with Crippen molar-refractivity contribution in [3.05, 3.63) is 30.3 Å². The van der Waals surface area contributed by atoms with Crippen molar-refractivity contribution in [3.8, 4) is 12.3 Å². The topological polar surface area (TPSA) is 23.5 Å². The first kappa shape index (κ1) is 11.0. The third-order valence-corrected chi connectivity index (χ3v) is 3.25. The van der Waals surface area contributed by atoms with Crippen molar-refractivity contribution in [1.29, 1.82) is 0 Å². The lowest BCUT2D eigenvalue weighted by atomic mass is 9.88. The Morgan fingerprint density at radius 3 is 2.44 bits per heavy atom. The molecular weight excluding hydrogens is 198 g/mol. The summed E-state index contributed by atoms with van der Waals surface area (Å²) in [5.74, 6) is 2.56. The summed E-state index contributed by atoms with van der Waals surface area (Å²) in [6, 6.07) is 10.3. The van der Waals surface area contributed by atoms with Crippen LogP contribution >= 0.6 is 0 Å². The molecule has 1 fully saturated rings. The van der Waals surface area contributed by atoms with Gasteiger partial charge in [-0.05, 0) is 25.0 Å². The smallest absolute Gasteiger partial charge is 0.0790 e. The molecule has 0 radical (unpaired) electrons. The van der Waals surface area contributed by atoms with E-state index in [9.17, 15) is 5.11 Å². The predicted octanol–water partition coefficient (Wildman–Crippen LogP) is 2.04. The number of terminal acetylenes is 1. The van der Waals surface area contributed by atoms with Crippen LogP contribution in [-0.2, 0) is 0 Å². The number of rotatable bonds is 2. The summed E-state index contributed by atoms with van der Waals surface area (Å²) in [5, 5.41) is 10.2. The SMILES string of the molecule is C#CCC1(O)CCN(c2ccccc2)CC1. The van der Waals surface area contributed by atoms with E-state index in [2.05, 4.69) is 23.0 Å². The van der Waals surface area contributed by atoms with Crippen LogP contribution in [0, 0.1) is 12.3 Å². The zero-order valence-corrected chi connectivity index (χ0v) is 9.39. The molecule has 0 atom stereocenters. The Morgan fingerprint density at radius 1 is 1.25 bits per heavy atom. The summed E-state index contributed by atoms with van der Waals surface area (Å²) in [5.41, 5.74) is 0.588. The highest BCUT2D eigenvalue weighted by Gasteiger charge is 2.31. The largest absolute Gasteiger partial charge is 0.389 e. The molecule has 16 heavy (non-hydrogen) atoms. The van der Waals surface area contributed by atoms with Crippen LogP contribution in [0.3, 0.4) is 0 Å². The molecule has 1 aromatic rings. The van der Waals surface area contributed by atoms with Gasteiger partial charge in [-0.3, -0.25) is 0 Å². The molecule has 84 valence electrons. The molecular formula is C14H17NO. The summed E-state index contributed by atoms with van der Waals surface area (Å²) < 4.78 is 0. The molecule has 2 rings (SSSR count). The Morgan fingerprint density at radius 2 is 1.88 bits per heavy atom. The van der Waals surface area contributed by atoms with Gasteiger partial charge in [0.05, 0.1) is 5.60 Å². The Hall–Kier alpha value is -1.46. The van der Waals surface area contributed by atoms with Crippen LogP contribution in [-0.4, -0.2) is 23.8 Å². The first-order chi connectivity index (χ1) is 7.73. The van der Waals surface area contributed by atoms with E-state index in [0.717, 1.165) is 25.9 Å². The average molecular weight is 215 g/mol. The number of hydrogen-bond acceptors (Lipinski definition) is 2. The van der Waals surface area contributed by atoms with Crippen molar-refractivity contribution in [2.75, 3.05) is 18.0 Å². The number of para-hydroxylation sites is 1. The fraction of sp³-hybridized carbons (Fsp3) is 0.429. The van der Waals surface area contributed by atoms with Crippen LogP contribution in [0.15, 0.2) is 30.3 Å². The zero-order valence-electron chi connectivity index (χ0n) is 9.39. The normalized spacial score (nSPS) is 19.1. The molecule has 0 aromatic heterocycles. The van der Waals surface area contributed by atoms with Crippen molar-refractivity contribution in [3.63, 3.8) is 0 Å². The van der Waals surface area contributed by atoms with Gasteiger partial charge in [-0.15, -0.1) is 12.3 Å². The van der Waals surface area contributed by atoms with Crippen LogP contribution in [0.2, 0.25) is 0 Å². The molecule has 2 heteroatoms. The maximum Gasteiger partial charge on any atom is 0.0790 e. The zero-order chi connectivity index (χ0) is 11.4. The first-order valence-corrected chi connectivity index (χ1v) is 5.69. The summed E-state index contributed by atoms with van der Waals surface area (Å²) in [6.45, 7) is 1.75. The highest BCUT2D eigenvalue weighted by molar-refractivity contribution is 5.46. The maximum atomic E-state index is 10.2. The average Bonchev–Trinajstić information content (AvgIpc) is 2.31. The van der Waals surface area contributed by atoms with E-state index in [1.54, 1.807) is 0 Å². The minimum atomic E-state index is -0.639. The predicted molar refractivity (Wildman–Crippen MR) is 66.3 cm³/mol. The van der Waals surface area contributed by atoms with Gasteiger partial charge in [-0.25, -0.2) is 0 Å². The lowest BCUT2D eigenvalue weighted by Gasteiger charge is -2.38. The molecule has 0 unspecified atom stereocenters. The molecule has 0 spiro atoms. The Balaban J connectivity index is 1.98. The fourth-order valence-electron chi connectivity index (χ4n) is 2.19. The number of piperidine rings is 1. The van der Waals surface area contributed by atoms with E-state index in [4.69, 9.17) is 6.42 Å². The van der Waals surface area contributed by atoms with Crippen molar-refractivity contribution in [2.45, 2.75) is 24.9 Å². The van der Waals surface area contributed by atoms with E-state index in [1.807, 2.05) is 18.2 Å². The van der Waals surface area contributed by atoms with E-state index in [1.165, 1.54) is 5.69 Å². The summed E-state index contributed by atoms with van der Waals surface area (Å²) in [6.07, 6.45) is 7.25. The van der Waals surface area contributed by atoms with Crippen LogP contribution < -0.4 is 4.90 Å². The van der Waals surface area contributed by atoms with Gasteiger partial charge in [0.15, 0.2) is 0 Å². The summed E-state index contributed by atoms with van der Waals surface area (Å²) in [7, 11) is 0. The van der Waals surface area contributed by atoms with E-state index >= 15 is 0 Å². The van der Waals surface area contributed by atoms with Crippen LogP contribution in [0.4, 0.5) is 5.69 Å². The maximum absolute atomic E-state index is 10.2. The number of benzene rings is 1. The third-order valence-electron chi connectivity index (χ3n) is 3.25. The molecule has 1 saturated heterocycles. The Kier molecular flexibility index (Phi) is 3.17. The number of anilines is 1. The monoisotopic (exact) mass is 215 g/mol. The van der Waals surface area contributed by atoms with Crippen LogP contribution in [0.25, 0.3) is 0 Å². The highest BCUT2D eigenvalue weighted by atomic mass is 16.3. The summed E-state index contributed by atoms with van der Waals surface area (Å²) in [4.78, 5) is 2.30. The lowest BCUT2D eigenvalue weighted by molar-refractivity contribution is 0.0212. The highest BCUT2D eigenvalue weighted by Crippen LogP contribution is 2.28. The van der Waals surface area contributed by atoms with Crippen molar-refractivity contribution in [1.82, 2.24) is 0 Å². The molecule has 0 bridgehead atoms. The minimum Gasteiger partial charge on any atom is -0.389 e. The number of nitrogens with zero attached hydrogens (tertiary/aromatic N) is 1. The van der Waals surface area contributed by atoms with Crippen molar-refractivity contribution >= 4 is 5.69 Å². The third kappa shape index (κ3) is 2.37. The Bertz CT molecular complexity index is 371. The lowest BCUT2D eigenvalue weighted by Crippen LogP contribution is -2.44. The number of aliphatic hydroxyl groups is 1.